The molecule has 1 rings (SSSR count). The van der Waals surface area contributed by atoms with E-state index in [-0.39, 0.29) is 6.04 Å². The lowest BCUT2D eigenvalue weighted by molar-refractivity contribution is 0.0694. The molecule has 0 saturated heterocycles. The number of hydrogen-bond acceptors (Lipinski definition) is 3. The smallest absolute Gasteiger partial charge is 0.338 e. The van der Waals surface area contributed by atoms with Gasteiger partial charge in [0.25, 0.3) is 0 Å². The SMILES string of the molecule is CCSc1cccc(NC(C)CC)c1C(=O)O. The largest absolute Gasteiger partial charge is 0.478 e. The topological polar surface area (TPSA) is 49.3 Å². The van der Waals surface area contributed by atoms with E-state index in [0.717, 1.165) is 17.1 Å². The van der Waals surface area contributed by atoms with E-state index in [1.807, 2.05) is 32.0 Å². The summed E-state index contributed by atoms with van der Waals surface area (Å²) in [6.45, 7) is 6.14. The summed E-state index contributed by atoms with van der Waals surface area (Å²) in [6, 6.07) is 5.86. The zero-order valence-corrected chi connectivity index (χ0v) is 11.3. The van der Waals surface area contributed by atoms with Gasteiger partial charge in [0.1, 0.15) is 0 Å². The van der Waals surface area contributed by atoms with Gasteiger partial charge in [0.2, 0.25) is 0 Å². The maximum Gasteiger partial charge on any atom is 0.338 e. The summed E-state index contributed by atoms with van der Waals surface area (Å²) in [5.74, 6) is -0.0000719. The predicted molar refractivity (Wildman–Crippen MR) is 73.2 cm³/mol. The highest BCUT2D eigenvalue weighted by Crippen LogP contribution is 2.29. The van der Waals surface area contributed by atoms with Gasteiger partial charge in [0, 0.05) is 10.9 Å². The summed E-state index contributed by atoms with van der Waals surface area (Å²) in [5.41, 5.74) is 1.10. The number of carboxylic acids is 1. The molecule has 1 unspecified atom stereocenters. The van der Waals surface area contributed by atoms with Gasteiger partial charge in [-0.05, 0) is 31.2 Å². The number of nitrogens with one attached hydrogen (secondary N) is 1. The summed E-state index contributed by atoms with van der Waals surface area (Å²) in [6.07, 6.45) is 0.963. The molecule has 0 aliphatic heterocycles. The van der Waals surface area contributed by atoms with Crippen LogP contribution < -0.4 is 5.32 Å². The molecule has 2 N–H and O–H groups in total. The highest BCUT2D eigenvalue weighted by molar-refractivity contribution is 7.99. The minimum atomic E-state index is -0.868. The van der Waals surface area contributed by atoms with Gasteiger partial charge in [-0.2, -0.15) is 0 Å². The molecule has 0 aromatic heterocycles. The summed E-state index contributed by atoms with van der Waals surface area (Å²) in [5, 5.41) is 12.6. The number of thioether (sulfide) groups is 1. The lowest BCUT2D eigenvalue weighted by Crippen LogP contribution is -2.16. The van der Waals surface area contributed by atoms with Gasteiger partial charge < -0.3 is 10.4 Å². The molecule has 0 spiro atoms. The van der Waals surface area contributed by atoms with Crippen molar-refractivity contribution in [2.45, 2.75) is 38.1 Å². The van der Waals surface area contributed by atoms with Crippen molar-refractivity contribution in [3.05, 3.63) is 23.8 Å². The Labute approximate surface area is 107 Å². The lowest BCUT2D eigenvalue weighted by atomic mass is 10.1. The highest BCUT2D eigenvalue weighted by atomic mass is 32.2. The van der Waals surface area contributed by atoms with Crippen LogP contribution in [0.1, 0.15) is 37.6 Å². The molecule has 1 aromatic rings. The minimum Gasteiger partial charge on any atom is -0.478 e. The number of anilines is 1. The monoisotopic (exact) mass is 253 g/mol. The molecule has 0 bridgehead atoms. The second kappa shape index (κ2) is 6.55. The highest BCUT2D eigenvalue weighted by Gasteiger charge is 2.16. The maximum absolute atomic E-state index is 11.3. The second-order valence-electron chi connectivity index (χ2n) is 3.87. The van der Waals surface area contributed by atoms with Crippen LogP contribution in [0.15, 0.2) is 23.1 Å². The third-order valence-electron chi connectivity index (χ3n) is 2.55. The maximum atomic E-state index is 11.3. The molecule has 0 heterocycles. The first-order valence-electron chi connectivity index (χ1n) is 5.85. The summed E-state index contributed by atoms with van der Waals surface area (Å²) in [7, 11) is 0. The standard InChI is InChI=1S/C13H19NO2S/c1-4-9(3)14-10-7-6-8-11(17-5-2)12(10)13(15)16/h6-9,14H,4-5H2,1-3H3,(H,15,16). The fourth-order valence-electron chi connectivity index (χ4n) is 1.52. The first-order chi connectivity index (χ1) is 8.10. The van der Waals surface area contributed by atoms with Crippen LogP contribution in [0.25, 0.3) is 0 Å². The molecule has 0 saturated carbocycles. The van der Waals surface area contributed by atoms with E-state index in [4.69, 9.17) is 0 Å². The Balaban J connectivity index is 3.10. The molecule has 4 heteroatoms. The third-order valence-corrected chi connectivity index (χ3v) is 3.49. The summed E-state index contributed by atoms with van der Waals surface area (Å²) < 4.78 is 0. The second-order valence-corrected chi connectivity index (χ2v) is 5.18. The molecule has 1 aromatic carbocycles. The van der Waals surface area contributed by atoms with Crippen LogP contribution in [0.5, 0.6) is 0 Å². The number of aromatic carboxylic acids is 1. The number of rotatable bonds is 6. The van der Waals surface area contributed by atoms with Crippen molar-refractivity contribution in [1.29, 1.82) is 0 Å². The van der Waals surface area contributed by atoms with Crippen LogP contribution >= 0.6 is 11.8 Å². The molecule has 0 fully saturated rings. The molecule has 17 heavy (non-hydrogen) atoms. The van der Waals surface area contributed by atoms with Crippen molar-refractivity contribution in [3.8, 4) is 0 Å². The molecule has 3 nitrogen and oxygen atoms in total. The van der Waals surface area contributed by atoms with Crippen LogP contribution in [0.3, 0.4) is 0 Å². The van der Waals surface area contributed by atoms with Gasteiger partial charge in [-0.3, -0.25) is 0 Å². The minimum absolute atomic E-state index is 0.273. The van der Waals surface area contributed by atoms with Gasteiger partial charge in [0.05, 0.1) is 11.3 Å². The molecule has 0 aliphatic rings. The Morgan fingerprint density at radius 3 is 2.71 bits per heavy atom. The van der Waals surface area contributed by atoms with Crippen molar-refractivity contribution >= 4 is 23.4 Å². The molecular formula is C13H19NO2S. The van der Waals surface area contributed by atoms with Gasteiger partial charge in [-0.15, -0.1) is 11.8 Å². The van der Waals surface area contributed by atoms with Gasteiger partial charge in [0.15, 0.2) is 0 Å². The van der Waals surface area contributed by atoms with E-state index >= 15 is 0 Å². The van der Waals surface area contributed by atoms with E-state index in [9.17, 15) is 9.90 Å². The molecule has 94 valence electrons. The van der Waals surface area contributed by atoms with E-state index < -0.39 is 5.97 Å². The summed E-state index contributed by atoms with van der Waals surface area (Å²) >= 11 is 1.56. The van der Waals surface area contributed by atoms with Crippen LogP contribution in [0, 0.1) is 0 Å². The zero-order chi connectivity index (χ0) is 12.8. The quantitative estimate of drug-likeness (QED) is 0.759. The Hall–Kier alpha value is -1.16. The molecule has 0 aliphatic carbocycles. The van der Waals surface area contributed by atoms with Crippen molar-refractivity contribution in [3.63, 3.8) is 0 Å². The molecule has 0 radical (unpaired) electrons. The average molecular weight is 253 g/mol. The Morgan fingerprint density at radius 1 is 1.47 bits per heavy atom. The van der Waals surface area contributed by atoms with Crippen molar-refractivity contribution in [1.82, 2.24) is 0 Å². The predicted octanol–water partition coefficient (Wildman–Crippen LogP) is 3.71. The Bertz CT molecular complexity index is 393. The van der Waals surface area contributed by atoms with Crippen LogP contribution in [-0.4, -0.2) is 22.9 Å². The van der Waals surface area contributed by atoms with Crippen LogP contribution in [0.2, 0.25) is 0 Å². The number of hydrogen-bond donors (Lipinski definition) is 2. The van der Waals surface area contributed by atoms with Crippen molar-refractivity contribution in [2.75, 3.05) is 11.1 Å². The first-order valence-corrected chi connectivity index (χ1v) is 6.84. The lowest BCUT2D eigenvalue weighted by Gasteiger charge is -2.17. The molecular weight excluding hydrogens is 234 g/mol. The van der Waals surface area contributed by atoms with E-state index in [2.05, 4.69) is 12.2 Å². The Morgan fingerprint density at radius 2 is 2.18 bits per heavy atom. The normalized spacial score (nSPS) is 12.2. The van der Waals surface area contributed by atoms with Gasteiger partial charge in [-0.1, -0.05) is 19.9 Å². The van der Waals surface area contributed by atoms with Crippen LogP contribution in [-0.2, 0) is 0 Å². The van der Waals surface area contributed by atoms with E-state index in [1.54, 1.807) is 11.8 Å². The first kappa shape index (κ1) is 13.9. The zero-order valence-electron chi connectivity index (χ0n) is 10.5. The third kappa shape index (κ3) is 3.66. The number of carbonyl (C=O) groups is 1. The number of benzene rings is 1. The number of carboxylic acid groups (broad SMARTS) is 1. The van der Waals surface area contributed by atoms with E-state index in [0.29, 0.717) is 11.3 Å². The van der Waals surface area contributed by atoms with Crippen molar-refractivity contribution < 1.29 is 9.90 Å². The Kier molecular flexibility index (Phi) is 5.35. The van der Waals surface area contributed by atoms with Gasteiger partial charge in [-0.25, -0.2) is 4.79 Å². The fourth-order valence-corrected chi connectivity index (χ4v) is 2.34. The average Bonchev–Trinajstić information content (AvgIpc) is 2.29. The fraction of sp³-hybridized carbons (Fsp3) is 0.462. The summed E-state index contributed by atoms with van der Waals surface area (Å²) in [4.78, 5) is 12.2. The van der Waals surface area contributed by atoms with Gasteiger partial charge >= 0.3 is 5.97 Å². The van der Waals surface area contributed by atoms with E-state index in [1.165, 1.54) is 0 Å². The molecule has 0 amide bonds. The molecule has 1 atom stereocenters. The van der Waals surface area contributed by atoms with Crippen LogP contribution in [0.4, 0.5) is 5.69 Å². The van der Waals surface area contributed by atoms with Crippen molar-refractivity contribution in [2.24, 2.45) is 0 Å².